The lowest BCUT2D eigenvalue weighted by Crippen LogP contribution is -2.46. The Balaban J connectivity index is 2.11. The maximum atomic E-state index is 11.6. The van der Waals surface area contributed by atoms with E-state index in [0.717, 1.165) is 0 Å². The first-order valence-electron chi connectivity index (χ1n) is 6.25. The van der Waals surface area contributed by atoms with E-state index in [1.807, 2.05) is 6.26 Å². The number of hydrogen-bond acceptors (Lipinski definition) is 4. The van der Waals surface area contributed by atoms with Crippen molar-refractivity contribution in [1.82, 2.24) is 10.6 Å². The van der Waals surface area contributed by atoms with E-state index in [2.05, 4.69) is 10.6 Å². The van der Waals surface area contributed by atoms with E-state index in [4.69, 9.17) is 0 Å². The summed E-state index contributed by atoms with van der Waals surface area (Å²) >= 11 is 1.58. The lowest BCUT2D eigenvalue weighted by atomic mass is 10.1. The van der Waals surface area contributed by atoms with Crippen molar-refractivity contribution in [2.75, 3.05) is 25.1 Å². The van der Waals surface area contributed by atoms with Gasteiger partial charge in [0, 0.05) is 18.3 Å². The molecule has 0 radical (unpaired) electrons. The van der Waals surface area contributed by atoms with Crippen molar-refractivity contribution >= 4 is 17.7 Å². The first kappa shape index (κ1) is 14.8. The van der Waals surface area contributed by atoms with E-state index >= 15 is 0 Å². The van der Waals surface area contributed by atoms with Gasteiger partial charge in [-0.3, -0.25) is 4.79 Å². The highest BCUT2D eigenvalue weighted by Gasteiger charge is 2.21. The fourth-order valence-electron chi connectivity index (χ4n) is 2.08. The quantitative estimate of drug-likeness (QED) is 0.632. The van der Waals surface area contributed by atoms with Gasteiger partial charge in [0.25, 0.3) is 0 Å². The Kier molecular flexibility index (Phi) is 6.30. The van der Waals surface area contributed by atoms with Crippen molar-refractivity contribution in [3.63, 3.8) is 0 Å². The first-order chi connectivity index (χ1) is 8.03. The zero-order valence-electron chi connectivity index (χ0n) is 10.8. The third-order valence-electron chi connectivity index (χ3n) is 3.03. The van der Waals surface area contributed by atoms with Crippen LogP contribution in [0.3, 0.4) is 0 Å². The minimum atomic E-state index is -0.817. The smallest absolute Gasteiger partial charge is 0.234 e. The van der Waals surface area contributed by atoms with Gasteiger partial charge in [0.2, 0.25) is 5.91 Å². The van der Waals surface area contributed by atoms with E-state index < -0.39 is 5.60 Å². The summed E-state index contributed by atoms with van der Waals surface area (Å²) in [5.41, 5.74) is -0.817. The molecule has 3 N–H and O–H groups in total. The summed E-state index contributed by atoms with van der Waals surface area (Å²) in [7, 11) is 0. The van der Waals surface area contributed by atoms with Crippen LogP contribution in [0.4, 0.5) is 0 Å². The van der Waals surface area contributed by atoms with Crippen LogP contribution in [-0.4, -0.2) is 47.8 Å². The third kappa shape index (κ3) is 6.29. The van der Waals surface area contributed by atoms with Gasteiger partial charge in [-0.2, -0.15) is 11.8 Å². The van der Waals surface area contributed by atoms with Gasteiger partial charge in [-0.1, -0.05) is 12.8 Å². The van der Waals surface area contributed by atoms with Gasteiger partial charge < -0.3 is 15.7 Å². The molecule has 1 rings (SSSR count). The molecule has 1 atom stereocenters. The molecule has 0 spiro atoms. The van der Waals surface area contributed by atoms with Gasteiger partial charge >= 0.3 is 0 Å². The third-order valence-corrected chi connectivity index (χ3v) is 3.94. The van der Waals surface area contributed by atoms with E-state index in [1.165, 1.54) is 25.7 Å². The molecule has 0 aliphatic heterocycles. The summed E-state index contributed by atoms with van der Waals surface area (Å²) < 4.78 is 0. The second-order valence-electron chi connectivity index (χ2n) is 5.07. The molecule has 0 aromatic heterocycles. The normalized spacial score (nSPS) is 20.2. The lowest BCUT2D eigenvalue weighted by Gasteiger charge is -2.22. The van der Waals surface area contributed by atoms with Gasteiger partial charge in [-0.05, 0) is 26.0 Å². The number of aliphatic hydroxyl groups is 1. The molecule has 1 fully saturated rings. The van der Waals surface area contributed by atoms with Crippen LogP contribution in [0.2, 0.25) is 0 Å². The minimum Gasteiger partial charge on any atom is -0.387 e. The molecule has 1 amide bonds. The predicted octanol–water partition coefficient (Wildman–Crippen LogP) is 0.749. The largest absolute Gasteiger partial charge is 0.387 e. The molecule has 0 saturated heterocycles. The number of carbonyl (C=O) groups excluding carboxylic acids is 1. The van der Waals surface area contributed by atoms with Crippen molar-refractivity contribution in [2.24, 2.45) is 0 Å². The van der Waals surface area contributed by atoms with Crippen molar-refractivity contribution in [1.29, 1.82) is 0 Å². The average molecular weight is 260 g/mol. The number of carbonyl (C=O) groups is 1. The molecule has 100 valence electrons. The summed E-state index contributed by atoms with van der Waals surface area (Å²) in [5, 5.41) is 15.9. The van der Waals surface area contributed by atoms with Crippen LogP contribution in [0.15, 0.2) is 0 Å². The molecular weight excluding hydrogens is 236 g/mol. The SMILES string of the molecule is CSCC(C)(O)CNC(=O)CNC1CCCC1. The highest BCUT2D eigenvalue weighted by atomic mass is 32.2. The van der Waals surface area contributed by atoms with Crippen LogP contribution in [0.1, 0.15) is 32.6 Å². The summed E-state index contributed by atoms with van der Waals surface area (Å²) in [4.78, 5) is 11.6. The van der Waals surface area contributed by atoms with Crippen LogP contribution in [0, 0.1) is 0 Å². The summed E-state index contributed by atoms with van der Waals surface area (Å²) in [6.07, 6.45) is 6.83. The fourth-order valence-corrected chi connectivity index (χ4v) is 2.80. The summed E-state index contributed by atoms with van der Waals surface area (Å²) in [6.45, 7) is 2.42. The molecule has 1 aliphatic rings. The zero-order chi connectivity index (χ0) is 12.7. The van der Waals surface area contributed by atoms with Gasteiger partial charge in [0.05, 0.1) is 12.1 Å². The minimum absolute atomic E-state index is 0.0294. The molecule has 0 heterocycles. The van der Waals surface area contributed by atoms with Gasteiger partial charge in [-0.15, -0.1) is 0 Å². The Hall–Kier alpha value is -0.260. The van der Waals surface area contributed by atoms with Crippen LogP contribution in [0.25, 0.3) is 0 Å². The standard InChI is InChI=1S/C12H24N2O2S/c1-12(16,9-17-2)8-14-11(15)7-13-10-5-3-4-6-10/h10,13,16H,3-9H2,1-2H3,(H,14,15). The Labute approximate surface area is 108 Å². The lowest BCUT2D eigenvalue weighted by molar-refractivity contribution is -0.121. The van der Waals surface area contributed by atoms with Crippen molar-refractivity contribution in [3.8, 4) is 0 Å². The molecule has 5 heteroatoms. The van der Waals surface area contributed by atoms with Crippen molar-refractivity contribution < 1.29 is 9.90 Å². The van der Waals surface area contributed by atoms with Crippen molar-refractivity contribution in [3.05, 3.63) is 0 Å². The van der Waals surface area contributed by atoms with E-state index in [9.17, 15) is 9.90 Å². The van der Waals surface area contributed by atoms with E-state index in [1.54, 1.807) is 18.7 Å². The second kappa shape index (κ2) is 7.24. The van der Waals surface area contributed by atoms with Gasteiger partial charge in [0.15, 0.2) is 0 Å². The molecule has 4 nitrogen and oxygen atoms in total. The Bertz CT molecular complexity index is 241. The molecular formula is C12H24N2O2S. The van der Waals surface area contributed by atoms with Crippen LogP contribution in [-0.2, 0) is 4.79 Å². The van der Waals surface area contributed by atoms with Gasteiger partial charge in [-0.25, -0.2) is 0 Å². The molecule has 17 heavy (non-hydrogen) atoms. The molecule has 0 aromatic rings. The van der Waals surface area contributed by atoms with E-state index in [0.29, 0.717) is 24.9 Å². The summed E-state index contributed by atoms with van der Waals surface area (Å²) in [5.74, 6) is 0.599. The first-order valence-corrected chi connectivity index (χ1v) is 7.64. The number of rotatable bonds is 7. The highest BCUT2D eigenvalue weighted by Crippen LogP contribution is 2.17. The molecule has 1 saturated carbocycles. The Morgan fingerprint density at radius 3 is 2.71 bits per heavy atom. The van der Waals surface area contributed by atoms with Gasteiger partial charge in [0.1, 0.15) is 0 Å². The van der Waals surface area contributed by atoms with Crippen LogP contribution < -0.4 is 10.6 Å². The van der Waals surface area contributed by atoms with Crippen molar-refractivity contribution in [2.45, 2.75) is 44.2 Å². The topological polar surface area (TPSA) is 61.4 Å². The molecule has 1 unspecified atom stereocenters. The average Bonchev–Trinajstić information content (AvgIpc) is 2.76. The molecule has 1 aliphatic carbocycles. The van der Waals surface area contributed by atoms with Crippen LogP contribution in [0.5, 0.6) is 0 Å². The second-order valence-corrected chi connectivity index (χ2v) is 5.93. The Morgan fingerprint density at radius 2 is 2.12 bits per heavy atom. The highest BCUT2D eigenvalue weighted by molar-refractivity contribution is 7.98. The summed E-state index contributed by atoms with van der Waals surface area (Å²) in [6, 6.07) is 0.507. The monoisotopic (exact) mass is 260 g/mol. The zero-order valence-corrected chi connectivity index (χ0v) is 11.6. The fraction of sp³-hybridized carbons (Fsp3) is 0.917. The van der Waals surface area contributed by atoms with Crippen LogP contribution >= 0.6 is 11.8 Å². The maximum absolute atomic E-state index is 11.6. The maximum Gasteiger partial charge on any atom is 0.234 e. The van der Waals surface area contributed by atoms with E-state index in [-0.39, 0.29) is 5.91 Å². The predicted molar refractivity (Wildman–Crippen MR) is 72.3 cm³/mol. The number of nitrogens with one attached hydrogen (secondary N) is 2. The Morgan fingerprint density at radius 1 is 1.47 bits per heavy atom. The number of hydrogen-bond donors (Lipinski definition) is 3. The molecule has 0 bridgehead atoms. The number of amides is 1. The molecule has 0 aromatic carbocycles. The number of thioether (sulfide) groups is 1.